The van der Waals surface area contributed by atoms with E-state index in [4.69, 9.17) is 16.0 Å². The number of rotatable bonds is 5. The first kappa shape index (κ1) is 15.1. The Kier molecular flexibility index (Phi) is 4.22. The van der Waals surface area contributed by atoms with Crippen molar-refractivity contribution >= 4 is 21.6 Å². The molecular weight excluding hydrogens is 302 g/mol. The summed E-state index contributed by atoms with van der Waals surface area (Å²) in [6, 6.07) is 1.46. The Balaban J connectivity index is 2.29. The molecule has 0 fully saturated rings. The van der Waals surface area contributed by atoms with E-state index in [9.17, 15) is 8.42 Å². The molecule has 0 aliphatic carbocycles. The van der Waals surface area contributed by atoms with Crippen LogP contribution in [0.4, 0.5) is 0 Å². The maximum atomic E-state index is 12.5. The summed E-state index contributed by atoms with van der Waals surface area (Å²) in [5.74, 6) is 1.58. The lowest BCUT2D eigenvalue weighted by molar-refractivity contribution is 0.446. The molecule has 6 nitrogen and oxygen atoms in total. The lowest BCUT2D eigenvalue weighted by Crippen LogP contribution is -2.27. The summed E-state index contributed by atoms with van der Waals surface area (Å²) < 4.78 is 33.3. The van der Waals surface area contributed by atoms with E-state index >= 15 is 0 Å². The van der Waals surface area contributed by atoms with Crippen LogP contribution in [-0.2, 0) is 29.5 Å². The molecule has 0 N–H and O–H groups in total. The summed E-state index contributed by atoms with van der Waals surface area (Å²) in [5.41, 5.74) is 0. The van der Waals surface area contributed by atoms with Gasteiger partial charge in [0.25, 0.3) is 0 Å². The highest BCUT2D eigenvalue weighted by Gasteiger charge is 2.26. The summed E-state index contributed by atoms with van der Waals surface area (Å²) in [5, 5.41) is 0. The third-order valence-corrected chi connectivity index (χ3v) is 5.20. The highest BCUT2D eigenvalue weighted by atomic mass is 35.5. The molecule has 0 aliphatic rings. The van der Waals surface area contributed by atoms with E-state index in [1.807, 2.05) is 7.05 Å². The Morgan fingerprint density at radius 2 is 2.20 bits per heavy atom. The standard InChI is InChI=1S/C12H16ClN3O3S/c1-9-11(6-10(7-13)19-9)20(17,18)16(3)8-12-14-4-5-15(12)2/h4-6H,7-8H2,1-3H3. The minimum Gasteiger partial charge on any atom is -0.464 e. The second-order valence-corrected chi connectivity index (χ2v) is 6.76. The number of furan rings is 1. The van der Waals surface area contributed by atoms with Crippen LogP contribution in [0.25, 0.3) is 0 Å². The summed E-state index contributed by atoms with van der Waals surface area (Å²) in [6.07, 6.45) is 3.40. The molecule has 0 amide bonds. The van der Waals surface area contributed by atoms with E-state index in [1.165, 1.54) is 17.4 Å². The molecule has 0 atom stereocenters. The van der Waals surface area contributed by atoms with Gasteiger partial charge in [-0.1, -0.05) is 0 Å². The van der Waals surface area contributed by atoms with E-state index in [0.29, 0.717) is 17.3 Å². The van der Waals surface area contributed by atoms with Gasteiger partial charge in [0.05, 0.1) is 12.4 Å². The fourth-order valence-corrected chi connectivity index (χ4v) is 3.29. The zero-order valence-corrected chi connectivity index (χ0v) is 13.1. The molecule has 20 heavy (non-hydrogen) atoms. The van der Waals surface area contributed by atoms with Crippen molar-refractivity contribution in [2.75, 3.05) is 7.05 Å². The zero-order valence-electron chi connectivity index (χ0n) is 11.5. The average molecular weight is 318 g/mol. The van der Waals surface area contributed by atoms with Gasteiger partial charge in [-0.25, -0.2) is 13.4 Å². The van der Waals surface area contributed by atoms with Gasteiger partial charge in [-0.05, 0) is 6.92 Å². The molecule has 110 valence electrons. The van der Waals surface area contributed by atoms with Gasteiger partial charge in [0.2, 0.25) is 10.0 Å². The van der Waals surface area contributed by atoms with Crippen LogP contribution in [0, 0.1) is 6.92 Å². The first-order valence-electron chi connectivity index (χ1n) is 5.94. The molecule has 0 unspecified atom stereocenters. The van der Waals surface area contributed by atoms with Gasteiger partial charge >= 0.3 is 0 Å². The Hall–Kier alpha value is -1.31. The predicted octanol–water partition coefficient (Wildman–Crippen LogP) is 1.88. The molecule has 0 bridgehead atoms. The smallest absolute Gasteiger partial charge is 0.246 e. The van der Waals surface area contributed by atoms with Gasteiger partial charge in [-0.3, -0.25) is 0 Å². The monoisotopic (exact) mass is 317 g/mol. The molecule has 0 saturated carbocycles. The molecule has 0 aliphatic heterocycles. The molecular formula is C12H16ClN3O3S. The van der Waals surface area contributed by atoms with E-state index < -0.39 is 10.0 Å². The summed E-state index contributed by atoms with van der Waals surface area (Å²) in [4.78, 5) is 4.26. The highest BCUT2D eigenvalue weighted by Crippen LogP contribution is 2.24. The molecule has 2 aromatic rings. The Morgan fingerprint density at radius 3 is 2.70 bits per heavy atom. The van der Waals surface area contributed by atoms with Crippen LogP contribution >= 0.6 is 11.6 Å². The molecule has 0 radical (unpaired) electrons. The number of aryl methyl sites for hydroxylation is 2. The fourth-order valence-electron chi connectivity index (χ4n) is 1.85. The van der Waals surface area contributed by atoms with Crippen LogP contribution < -0.4 is 0 Å². The van der Waals surface area contributed by atoms with Crippen molar-refractivity contribution in [3.05, 3.63) is 35.8 Å². The quantitative estimate of drug-likeness (QED) is 0.790. The normalized spacial score (nSPS) is 12.2. The summed E-state index contributed by atoms with van der Waals surface area (Å²) in [7, 11) is -0.296. The molecule has 2 heterocycles. The van der Waals surface area contributed by atoms with Crippen molar-refractivity contribution in [2.24, 2.45) is 7.05 Å². The van der Waals surface area contributed by atoms with Gasteiger partial charge < -0.3 is 8.98 Å². The van der Waals surface area contributed by atoms with Crippen LogP contribution in [0.1, 0.15) is 17.3 Å². The Bertz CT molecular complexity index is 705. The van der Waals surface area contributed by atoms with Crippen LogP contribution in [0.15, 0.2) is 27.8 Å². The van der Waals surface area contributed by atoms with Crippen molar-refractivity contribution in [3.63, 3.8) is 0 Å². The number of imidazole rings is 1. The van der Waals surface area contributed by atoms with Crippen LogP contribution in [0.2, 0.25) is 0 Å². The second kappa shape index (κ2) is 5.59. The lowest BCUT2D eigenvalue weighted by atomic mass is 10.4. The first-order chi connectivity index (χ1) is 9.36. The van der Waals surface area contributed by atoms with Crippen molar-refractivity contribution in [1.82, 2.24) is 13.9 Å². The molecule has 8 heteroatoms. The molecule has 2 aromatic heterocycles. The van der Waals surface area contributed by atoms with Crippen molar-refractivity contribution < 1.29 is 12.8 Å². The number of hydrogen-bond donors (Lipinski definition) is 0. The van der Waals surface area contributed by atoms with Gasteiger partial charge in [-0.2, -0.15) is 4.31 Å². The number of aromatic nitrogens is 2. The van der Waals surface area contributed by atoms with E-state index in [2.05, 4.69) is 4.98 Å². The largest absolute Gasteiger partial charge is 0.464 e. The molecule has 0 spiro atoms. The minimum absolute atomic E-state index is 0.138. The average Bonchev–Trinajstić information content (AvgIpc) is 2.96. The van der Waals surface area contributed by atoms with E-state index in [1.54, 1.807) is 23.9 Å². The summed E-state index contributed by atoms with van der Waals surface area (Å²) in [6.45, 7) is 1.80. The van der Waals surface area contributed by atoms with Crippen LogP contribution in [0.3, 0.4) is 0 Å². The molecule has 2 rings (SSSR count). The van der Waals surface area contributed by atoms with Gasteiger partial charge in [0.15, 0.2) is 0 Å². The van der Waals surface area contributed by atoms with Crippen molar-refractivity contribution in [2.45, 2.75) is 24.2 Å². The van der Waals surface area contributed by atoms with E-state index in [0.717, 1.165) is 0 Å². The van der Waals surface area contributed by atoms with Crippen molar-refractivity contribution in [1.29, 1.82) is 0 Å². The van der Waals surface area contributed by atoms with Gasteiger partial charge in [-0.15, -0.1) is 11.6 Å². The van der Waals surface area contributed by atoms with Gasteiger partial charge in [0.1, 0.15) is 22.2 Å². The number of hydrogen-bond acceptors (Lipinski definition) is 4. The second-order valence-electron chi connectivity index (χ2n) is 4.48. The van der Waals surface area contributed by atoms with Gasteiger partial charge in [0, 0.05) is 32.6 Å². The number of alkyl halides is 1. The Labute approximate surface area is 123 Å². The third kappa shape index (κ3) is 2.74. The molecule has 0 saturated heterocycles. The third-order valence-electron chi connectivity index (χ3n) is 3.03. The molecule has 0 aromatic carbocycles. The highest BCUT2D eigenvalue weighted by molar-refractivity contribution is 7.89. The fraction of sp³-hybridized carbons (Fsp3) is 0.417. The predicted molar refractivity (Wildman–Crippen MR) is 74.9 cm³/mol. The van der Waals surface area contributed by atoms with Crippen molar-refractivity contribution in [3.8, 4) is 0 Å². The maximum Gasteiger partial charge on any atom is 0.246 e. The van der Waals surface area contributed by atoms with Crippen LogP contribution in [-0.4, -0.2) is 29.3 Å². The Morgan fingerprint density at radius 1 is 1.50 bits per heavy atom. The minimum atomic E-state index is -3.62. The topological polar surface area (TPSA) is 68.3 Å². The SMILES string of the molecule is Cc1oc(CCl)cc1S(=O)(=O)N(C)Cc1nccn1C. The first-order valence-corrected chi connectivity index (χ1v) is 7.91. The van der Waals surface area contributed by atoms with E-state index in [-0.39, 0.29) is 17.3 Å². The van der Waals surface area contributed by atoms with Crippen LogP contribution in [0.5, 0.6) is 0 Å². The number of sulfonamides is 1. The number of halogens is 1. The maximum absolute atomic E-state index is 12.5. The summed E-state index contributed by atoms with van der Waals surface area (Å²) >= 11 is 5.66. The lowest BCUT2D eigenvalue weighted by Gasteiger charge is -2.16. The number of nitrogens with zero attached hydrogens (tertiary/aromatic N) is 3. The zero-order chi connectivity index (χ0) is 14.9.